The van der Waals surface area contributed by atoms with E-state index in [9.17, 15) is 4.79 Å². The Labute approximate surface area is 204 Å². The molecule has 0 saturated carbocycles. The topological polar surface area (TPSA) is 51.5 Å². The molecule has 4 nitrogen and oxygen atoms in total. The van der Waals surface area contributed by atoms with Crippen molar-refractivity contribution in [3.8, 4) is 16.9 Å². The zero-order chi connectivity index (χ0) is 23.4. The molecule has 0 bridgehead atoms. The minimum Gasteiger partial charge on any atom is -0.496 e. The number of furan rings is 1. The molecule has 172 valence electrons. The highest BCUT2D eigenvalue weighted by atomic mass is 35.5. The summed E-state index contributed by atoms with van der Waals surface area (Å²) >= 11 is 12.5. The third kappa shape index (κ3) is 5.45. The van der Waals surface area contributed by atoms with Crippen LogP contribution >= 0.6 is 23.2 Å². The van der Waals surface area contributed by atoms with Crippen LogP contribution in [0.4, 0.5) is 0 Å². The highest BCUT2D eigenvalue weighted by Gasteiger charge is 2.16. The van der Waals surface area contributed by atoms with Crippen LogP contribution in [0.3, 0.4) is 0 Å². The smallest absolute Gasteiger partial charge is 0.244 e. The molecule has 1 aliphatic carbocycles. The number of amides is 1. The number of nitrogens with one attached hydrogen (secondary N) is 1. The predicted octanol–water partition coefficient (Wildman–Crippen LogP) is 7.83. The van der Waals surface area contributed by atoms with Crippen LogP contribution < -0.4 is 10.1 Å². The summed E-state index contributed by atoms with van der Waals surface area (Å²) in [6.07, 6.45) is 11.3. The molecule has 6 heteroatoms. The van der Waals surface area contributed by atoms with Crippen LogP contribution in [-0.2, 0) is 4.79 Å². The quantitative estimate of drug-likeness (QED) is 0.275. The van der Waals surface area contributed by atoms with E-state index >= 15 is 0 Å². The van der Waals surface area contributed by atoms with Gasteiger partial charge < -0.3 is 14.5 Å². The molecule has 3 aromatic rings. The maximum atomic E-state index is 12.6. The van der Waals surface area contributed by atoms with Gasteiger partial charge in [0.2, 0.25) is 5.91 Å². The molecular formula is C27H27Cl2NO3. The average molecular weight is 484 g/mol. The predicted molar refractivity (Wildman–Crippen MR) is 136 cm³/mol. The minimum atomic E-state index is -0.112. The van der Waals surface area contributed by atoms with E-state index in [4.69, 9.17) is 32.4 Å². The van der Waals surface area contributed by atoms with Crippen LogP contribution in [-0.4, -0.2) is 19.6 Å². The molecule has 0 radical (unpaired) electrons. The molecule has 2 aromatic carbocycles. The summed E-state index contributed by atoms with van der Waals surface area (Å²) in [6, 6.07) is 9.19. The number of benzene rings is 2. The van der Waals surface area contributed by atoms with E-state index in [-0.39, 0.29) is 5.91 Å². The number of allylic oxidation sites excluding steroid dienone is 2. The molecule has 1 heterocycles. The molecule has 1 amide bonds. The van der Waals surface area contributed by atoms with Gasteiger partial charge in [-0.15, -0.1) is 0 Å². The Morgan fingerprint density at radius 3 is 2.76 bits per heavy atom. The van der Waals surface area contributed by atoms with E-state index in [0.717, 1.165) is 46.9 Å². The number of rotatable bonds is 7. The van der Waals surface area contributed by atoms with Crippen molar-refractivity contribution in [2.24, 2.45) is 0 Å². The van der Waals surface area contributed by atoms with Crippen molar-refractivity contribution in [3.63, 3.8) is 0 Å². The normalized spacial score (nSPS) is 14.3. The van der Waals surface area contributed by atoms with Gasteiger partial charge in [-0.1, -0.05) is 40.9 Å². The zero-order valence-electron chi connectivity index (χ0n) is 18.8. The summed E-state index contributed by atoms with van der Waals surface area (Å²) in [6.45, 7) is 2.55. The van der Waals surface area contributed by atoms with Gasteiger partial charge >= 0.3 is 0 Å². The van der Waals surface area contributed by atoms with Crippen molar-refractivity contribution in [3.05, 3.63) is 69.9 Å². The summed E-state index contributed by atoms with van der Waals surface area (Å²) in [5, 5.41) is 5.00. The molecule has 4 rings (SSSR count). The first-order chi connectivity index (χ1) is 16.0. The Hall–Kier alpha value is -2.69. The summed E-state index contributed by atoms with van der Waals surface area (Å²) in [4.78, 5) is 12.6. The SMILES string of the molecule is COc1cc2occ(-c3ccc(Cl)cc3Cl)c2cc1/C(C)=C/C(=O)NCCC1=CCCCC1. The Balaban J connectivity index is 1.58. The number of fused-ring (bicyclic) bond motifs is 1. The largest absolute Gasteiger partial charge is 0.496 e. The standard InChI is InChI=1S/C27H27Cl2NO3/c1-17(12-27(31)30-11-10-18-6-4-3-5-7-18)21-14-22-23(16-33-26(22)15-25(21)32-2)20-9-8-19(28)13-24(20)29/h6,8-9,12-16H,3-5,7,10-11H2,1-2H3,(H,30,31)/b17-12+. The van der Waals surface area contributed by atoms with Crippen LogP contribution in [0.1, 0.15) is 44.6 Å². The average Bonchev–Trinajstić information content (AvgIpc) is 3.21. The molecule has 0 saturated heterocycles. The van der Waals surface area contributed by atoms with Gasteiger partial charge in [0.25, 0.3) is 0 Å². The second-order valence-corrected chi connectivity index (χ2v) is 9.14. The van der Waals surface area contributed by atoms with E-state index in [0.29, 0.717) is 27.9 Å². The van der Waals surface area contributed by atoms with Crippen LogP contribution in [0.2, 0.25) is 10.0 Å². The van der Waals surface area contributed by atoms with Gasteiger partial charge in [0, 0.05) is 45.8 Å². The lowest BCUT2D eigenvalue weighted by molar-refractivity contribution is -0.116. The molecule has 1 N–H and O–H groups in total. The molecule has 0 atom stereocenters. The fourth-order valence-corrected chi connectivity index (χ4v) is 4.76. The summed E-state index contributed by atoms with van der Waals surface area (Å²) in [7, 11) is 1.61. The first-order valence-electron chi connectivity index (χ1n) is 11.2. The molecule has 0 fully saturated rings. The second kappa shape index (κ2) is 10.5. The van der Waals surface area contributed by atoms with Gasteiger partial charge in [-0.05, 0) is 62.8 Å². The van der Waals surface area contributed by atoms with Gasteiger partial charge in [-0.3, -0.25) is 4.79 Å². The van der Waals surface area contributed by atoms with Crippen LogP contribution in [0, 0.1) is 0 Å². The first-order valence-corrected chi connectivity index (χ1v) is 11.9. The molecule has 33 heavy (non-hydrogen) atoms. The highest BCUT2D eigenvalue weighted by Crippen LogP contribution is 2.40. The van der Waals surface area contributed by atoms with E-state index in [1.807, 2.05) is 25.1 Å². The van der Waals surface area contributed by atoms with Gasteiger partial charge in [0.1, 0.15) is 11.3 Å². The Bertz CT molecular complexity index is 1240. The monoisotopic (exact) mass is 483 g/mol. The number of carbonyl (C=O) groups is 1. The summed E-state index contributed by atoms with van der Waals surface area (Å²) < 4.78 is 11.4. The van der Waals surface area contributed by atoms with Gasteiger partial charge in [-0.2, -0.15) is 0 Å². The van der Waals surface area contributed by atoms with Crippen LogP contribution in [0.25, 0.3) is 27.7 Å². The minimum absolute atomic E-state index is 0.112. The van der Waals surface area contributed by atoms with Crippen molar-refractivity contribution in [2.75, 3.05) is 13.7 Å². The Kier molecular flexibility index (Phi) is 7.46. The molecule has 0 spiro atoms. The zero-order valence-corrected chi connectivity index (χ0v) is 20.4. The number of hydrogen-bond donors (Lipinski definition) is 1. The summed E-state index contributed by atoms with van der Waals surface area (Å²) in [5.74, 6) is 0.527. The van der Waals surface area contributed by atoms with Crippen molar-refractivity contribution in [2.45, 2.75) is 39.0 Å². The number of halogens is 2. The number of carbonyl (C=O) groups excluding carboxylic acids is 1. The lowest BCUT2D eigenvalue weighted by atomic mass is 9.97. The molecule has 1 aliphatic rings. The van der Waals surface area contributed by atoms with Crippen molar-refractivity contribution >= 4 is 45.7 Å². The molecule has 0 unspecified atom stereocenters. The third-order valence-corrected chi connectivity index (χ3v) is 6.57. The molecular weight excluding hydrogens is 457 g/mol. The maximum absolute atomic E-state index is 12.6. The van der Waals surface area contributed by atoms with Gasteiger partial charge in [-0.25, -0.2) is 0 Å². The van der Waals surface area contributed by atoms with E-state index in [1.54, 1.807) is 31.6 Å². The fraction of sp³-hybridized carbons (Fsp3) is 0.296. The second-order valence-electron chi connectivity index (χ2n) is 8.30. The number of methoxy groups -OCH3 is 1. The van der Waals surface area contributed by atoms with Gasteiger partial charge in [0.05, 0.1) is 18.4 Å². The first kappa shape index (κ1) is 23.5. The van der Waals surface area contributed by atoms with E-state index in [2.05, 4.69) is 11.4 Å². The number of ether oxygens (including phenoxy) is 1. The molecule has 0 aliphatic heterocycles. The Morgan fingerprint density at radius 2 is 2.03 bits per heavy atom. The maximum Gasteiger partial charge on any atom is 0.244 e. The Morgan fingerprint density at radius 1 is 1.18 bits per heavy atom. The van der Waals surface area contributed by atoms with Crippen LogP contribution in [0.15, 0.2) is 58.7 Å². The van der Waals surface area contributed by atoms with Gasteiger partial charge in [0.15, 0.2) is 0 Å². The van der Waals surface area contributed by atoms with E-state index < -0.39 is 0 Å². The number of hydrogen-bond acceptors (Lipinski definition) is 3. The lowest BCUT2D eigenvalue weighted by Crippen LogP contribution is -2.23. The van der Waals surface area contributed by atoms with Crippen molar-refractivity contribution < 1.29 is 13.9 Å². The van der Waals surface area contributed by atoms with Crippen molar-refractivity contribution in [1.29, 1.82) is 0 Å². The third-order valence-electron chi connectivity index (χ3n) is 6.02. The lowest BCUT2D eigenvalue weighted by Gasteiger charge is -2.13. The summed E-state index contributed by atoms with van der Waals surface area (Å²) in [5.41, 5.74) is 5.43. The fourth-order valence-electron chi connectivity index (χ4n) is 4.25. The van der Waals surface area contributed by atoms with Crippen molar-refractivity contribution in [1.82, 2.24) is 5.32 Å². The van der Waals surface area contributed by atoms with E-state index in [1.165, 1.54) is 18.4 Å². The molecule has 1 aromatic heterocycles. The van der Waals surface area contributed by atoms with Crippen LogP contribution in [0.5, 0.6) is 5.75 Å². The highest BCUT2D eigenvalue weighted by molar-refractivity contribution is 6.36.